The van der Waals surface area contributed by atoms with Crippen LogP contribution < -0.4 is 4.74 Å². The van der Waals surface area contributed by atoms with Crippen molar-refractivity contribution in [3.8, 4) is 5.75 Å². The van der Waals surface area contributed by atoms with Crippen LogP contribution in [0.25, 0.3) is 0 Å². The summed E-state index contributed by atoms with van der Waals surface area (Å²) >= 11 is 0. The van der Waals surface area contributed by atoms with Gasteiger partial charge in [-0.2, -0.15) is 0 Å². The average Bonchev–Trinajstić information content (AvgIpc) is 2.89. The van der Waals surface area contributed by atoms with E-state index in [1.807, 2.05) is 30.3 Å². The number of benzene rings is 1. The van der Waals surface area contributed by atoms with Crippen LogP contribution in [0.1, 0.15) is 39.0 Å². The standard InChI is InChI=1S/C26H37N3O6/c1-3-34-26(33)21-8-7-14-29(18-21)24(31)19-27(2)25(32)20-11-15-28(16-12-20)23(30)13-17-35-22-9-5-4-6-10-22/h4-6,9-10,20-21H,3,7-8,11-19H2,1-2H3. The normalized spacial score (nSPS) is 18.6. The van der Waals surface area contributed by atoms with Crippen LogP contribution >= 0.6 is 0 Å². The largest absolute Gasteiger partial charge is 0.493 e. The summed E-state index contributed by atoms with van der Waals surface area (Å²) in [5.74, 6) is -0.223. The molecule has 9 heteroatoms. The molecule has 2 aliphatic rings. The highest BCUT2D eigenvalue weighted by molar-refractivity contribution is 5.86. The molecule has 9 nitrogen and oxygen atoms in total. The van der Waals surface area contributed by atoms with E-state index in [2.05, 4.69) is 0 Å². The van der Waals surface area contributed by atoms with Crippen LogP contribution in [0.3, 0.4) is 0 Å². The van der Waals surface area contributed by atoms with Crippen molar-refractivity contribution in [1.82, 2.24) is 14.7 Å². The molecule has 3 rings (SSSR count). The predicted molar refractivity (Wildman–Crippen MR) is 129 cm³/mol. The lowest BCUT2D eigenvalue weighted by Crippen LogP contribution is -2.49. The van der Waals surface area contributed by atoms with Gasteiger partial charge in [-0.15, -0.1) is 0 Å². The predicted octanol–water partition coefficient (Wildman–Crippen LogP) is 1.95. The molecule has 1 aromatic rings. The maximum Gasteiger partial charge on any atom is 0.310 e. The van der Waals surface area contributed by atoms with Gasteiger partial charge in [-0.3, -0.25) is 19.2 Å². The highest BCUT2D eigenvalue weighted by atomic mass is 16.5. The van der Waals surface area contributed by atoms with Crippen LogP contribution in [-0.2, 0) is 23.9 Å². The van der Waals surface area contributed by atoms with Gasteiger partial charge in [-0.05, 0) is 44.7 Å². The first-order valence-electron chi connectivity index (χ1n) is 12.5. The van der Waals surface area contributed by atoms with E-state index in [1.165, 1.54) is 4.90 Å². The Labute approximate surface area is 207 Å². The van der Waals surface area contributed by atoms with E-state index in [1.54, 1.807) is 23.8 Å². The number of likely N-dealkylation sites (N-methyl/N-ethyl adjacent to an activating group) is 1. The number of hydrogen-bond donors (Lipinski definition) is 0. The number of rotatable bonds is 9. The molecular weight excluding hydrogens is 450 g/mol. The van der Waals surface area contributed by atoms with Crippen molar-refractivity contribution in [2.24, 2.45) is 11.8 Å². The summed E-state index contributed by atoms with van der Waals surface area (Å²) in [6, 6.07) is 9.39. The first-order chi connectivity index (χ1) is 16.9. The fourth-order valence-electron chi connectivity index (χ4n) is 4.66. The van der Waals surface area contributed by atoms with E-state index in [0.29, 0.717) is 65.1 Å². The Kier molecular flexibility index (Phi) is 9.93. The number of likely N-dealkylation sites (tertiary alicyclic amines) is 2. The van der Waals surface area contributed by atoms with Crippen molar-refractivity contribution in [3.63, 3.8) is 0 Å². The maximum atomic E-state index is 12.9. The number of piperidine rings is 2. The highest BCUT2D eigenvalue weighted by Crippen LogP contribution is 2.21. The Morgan fingerprint density at radius 1 is 0.943 bits per heavy atom. The minimum atomic E-state index is -0.298. The summed E-state index contributed by atoms with van der Waals surface area (Å²) in [4.78, 5) is 55.2. The lowest BCUT2D eigenvalue weighted by Gasteiger charge is -2.35. The number of para-hydroxylation sites is 1. The monoisotopic (exact) mass is 487 g/mol. The third-order valence-corrected chi connectivity index (χ3v) is 6.67. The third-order valence-electron chi connectivity index (χ3n) is 6.67. The quantitative estimate of drug-likeness (QED) is 0.494. The van der Waals surface area contributed by atoms with Gasteiger partial charge in [0.1, 0.15) is 5.75 Å². The van der Waals surface area contributed by atoms with E-state index < -0.39 is 0 Å². The van der Waals surface area contributed by atoms with Gasteiger partial charge < -0.3 is 24.2 Å². The van der Waals surface area contributed by atoms with Crippen molar-refractivity contribution in [2.45, 2.75) is 39.0 Å². The van der Waals surface area contributed by atoms with Crippen molar-refractivity contribution < 1.29 is 28.7 Å². The van der Waals surface area contributed by atoms with E-state index in [-0.39, 0.29) is 42.1 Å². The molecule has 1 aromatic carbocycles. The topological polar surface area (TPSA) is 96.5 Å². The van der Waals surface area contributed by atoms with Gasteiger partial charge >= 0.3 is 5.97 Å². The van der Waals surface area contributed by atoms with Gasteiger partial charge in [0.2, 0.25) is 17.7 Å². The van der Waals surface area contributed by atoms with Crippen molar-refractivity contribution in [3.05, 3.63) is 30.3 Å². The molecule has 2 heterocycles. The molecule has 1 atom stereocenters. The summed E-state index contributed by atoms with van der Waals surface area (Å²) in [6.45, 7) is 4.38. The first kappa shape index (κ1) is 26.5. The van der Waals surface area contributed by atoms with Gasteiger partial charge in [0.25, 0.3) is 0 Å². The molecule has 0 aliphatic carbocycles. The first-order valence-corrected chi connectivity index (χ1v) is 12.5. The fourth-order valence-corrected chi connectivity index (χ4v) is 4.66. The van der Waals surface area contributed by atoms with Crippen LogP contribution in [0.4, 0.5) is 0 Å². The second-order valence-electron chi connectivity index (χ2n) is 9.19. The minimum absolute atomic E-state index is 0.00958. The van der Waals surface area contributed by atoms with Crippen molar-refractivity contribution >= 4 is 23.7 Å². The molecule has 35 heavy (non-hydrogen) atoms. The number of amides is 3. The van der Waals surface area contributed by atoms with E-state index in [0.717, 1.165) is 12.2 Å². The molecule has 2 saturated heterocycles. The summed E-state index contributed by atoms with van der Waals surface area (Å²) in [7, 11) is 1.64. The van der Waals surface area contributed by atoms with Crippen LogP contribution in [0.2, 0.25) is 0 Å². The average molecular weight is 488 g/mol. The van der Waals surface area contributed by atoms with Crippen molar-refractivity contribution in [1.29, 1.82) is 0 Å². The Hall–Kier alpha value is -3.10. The Balaban J connectivity index is 1.38. The van der Waals surface area contributed by atoms with E-state index in [4.69, 9.17) is 9.47 Å². The molecule has 0 bridgehead atoms. The number of carbonyl (C=O) groups excluding carboxylic acids is 4. The Morgan fingerprint density at radius 3 is 2.34 bits per heavy atom. The maximum absolute atomic E-state index is 12.9. The Bertz CT molecular complexity index is 869. The molecule has 3 amide bonds. The molecule has 0 radical (unpaired) electrons. The fraction of sp³-hybridized carbons (Fsp3) is 0.615. The summed E-state index contributed by atoms with van der Waals surface area (Å²) in [5.41, 5.74) is 0. The zero-order valence-electron chi connectivity index (χ0n) is 20.8. The van der Waals surface area contributed by atoms with E-state index >= 15 is 0 Å². The molecule has 0 saturated carbocycles. The van der Waals surface area contributed by atoms with Gasteiger partial charge in [0, 0.05) is 39.1 Å². The molecular formula is C26H37N3O6. The lowest BCUT2D eigenvalue weighted by molar-refractivity contribution is -0.152. The van der Waals surface area contributed by atoms with Crippen molar-refractivity contribution in [2.75, 3.05) is 53.0 Å². The molecule has 0 spiro atoms. The van der Waals surface area contributed by atoms with Gasteiger partial charge in [-0.1, -0.05) is 18.2 Å². The Morgan fingerprint density at radius 2 is 1.66 bits per heavy atom. The number of esters is 1. The smallest absolute Gasteiger partial charge is 0.310 e. The lowest BCUT2D eigenvalue weighted by atomic mass is 9.95. The molecule has 1 unspecified atom stereocenters. The zero-order valence-corrected chi connectivity index (χ0v) is 20.8. The van der Waals surface area contributed by atoms with E-state index in [9.17, 15) is 19.2 Å². The summed E-state index contributed by atoms with van der Waals surface area (Å²) in [5, 5.41) is 0. The SMILES string of the molecule is CCOC(=O)C1CCCN(C(=O)CN(C)C(=O)C2CCN(C(=O)CCOc3ccccc3)CC2)C1. The number of hydrogen-bond acceptors (Lipinski definition) is 6. The van der Waals surface area contributed by atoms with Crippen LogP contribution in [-0.4, -0.2) is 91.4 Å². The highest BCUT2D eigenvalue weighted by Gasteiger charge is 2.32. The molecule has 2 aliphatic heterocycles. The third kappa shape index (κ3) is 7.70. The number of ether oxygens (including phenoxy) is 2. The van der Waals surface area contributed by atoms with Crippen LogP contribution in [0.15, 0.2) is 30.3 Å². The zero-order chi connectivity index (χ0) is 25.2. The molecule has 2 fully saturated rings. The summed E-state index contributed by atoms with van der Waals surface area (Å²) in [6.07, 6.45) is 2.92. The molecule has 0 aromatic heterocycles. The molecule has 192 valence electrons. The number of carbonyl (C=O) groups is 4. The summed E-state index contributed by atoms with van der Waals surface area (Å²) < 4.78 is 10.7. The van der Waals surface area contributed by atoms with Gasteiger partial charge in [-0.25, -0.2) is 0 Å². The van der Waals surface area contributed by atoms with Gasteiger partial charge in [0.05, 0.1) is 32.1 Å². The second kappa shape index (κ2) is 13.1. The van der Waals surface area contributed by atoms with Crippen LogP contribution in [0.5, 0.6) is 5.75 Å². The van der Waals surface area contributed by atoms with Gasteiger partial charge in [0.15, 0.2) is 0 Å². The minimum Gasteiger partial charge on any atom is -0.493 e. The second-order valence-corrected chi connectivity index (χ2v) is 9.19. The van der Waals surface area contributed by atoms with Crippen LogP contribution in [0, 0.1) is 11.8 Å². The molecule has 0 N–H and O–H groups in total. The number of nitrogens with zero attached hydrogens (tertiary/aromatic N) is 3.